The number of benzene rings is 1. The van der Waals surface area contributed by atoms with Gasteiger partial charge in [-0.05, 0) is 36.8 Å². The average molecular weight is 435 g/mol. The molecule has 9 heteroatoms. The third-order valence-electron chi connectivity index (χ3n) is 6.35. The molecule has 164 valence electrons. The number of sulfonamides is 1. The molecule has 3 aliphatic rings. The maximum absolute atomic E-state index is 12.9. The van der Waals surface area contributed by atoms with Crippen LogP contribution in [0.1, 0.15) is 39.5 Å². The molecule has 4 rings (SSSR count). The first-order valence-electron chi connectivity index (χ1n) is 10.6. The molecule has 0 saturated carbocycles. The van der Waals surface area contributed by atoms with Crippen LogP contribution in [0.3, 0.4) is 0 Å². The molecule has 2 fully saturated rings. The van der Waals surface area contributed by atoms with Crippen molar-refractivity contribution in [2.45, 2.75) is 50.1 Å². The van der Waals surface area contributed by atoms with Crippen LogP contribution in [0.5, 0.6) is 0 Å². The zero-order chi connectivity index (χ0) is 21.5. The number of para-hydroxylation sites is 1. The number of anilines is 1. The highest BCUT2D eigenvalue weighted by molar-refractivity contribution is 7.89. The van der Waals surface area contributed by atoms with Crippen molar-refractivity contribution in [3.8, 4) is 0 Å². The Balaban J connectivity index is 1.47. The molecule has 1 aromatic rings. The zero-order valence-corrected chi connectivity index (χ0v) is 18.4. The summed E-state index contributed by atoms with van der Waals surface area (Å²) >= 11 is 0. The van der Waals surface area contributed by atoms with Crippen LogP contribution in [-0.4, -0.2) is 61.9 Å². The summed E-state index contributed by atoms with van der Waals surface area (Å²) in [7, 11) is -3.67. The van der Waals surface area contributed by atoms with E-state index in [-0.39, 0.29) is 29.7 Å². The molecule has 0 bridgehead atoms. The maximum Gasteiger partial charge on any atom is 0.244 e. The first-order valence-corrected chi connectivity index (χ1v) is 12.1. The molecule has 1 aromatic carbocycles. The van der Waals surface area contributed by atoms with Gasteiger partial charge in [0.2, 0.25) is 21.8 Å². The van der Waals surface area contributed by atoms with E-state index in [2.05, 4.69) is 23.9 Å². The van der Waals surface area contributed by atoms with Gasteiger partial charge in [-0.3, -0.25) is 9.59 Å². The second kappa shape index (κ2) is 7.85. The molecule has 30 heavy (non-hydrogen) atoms. The van der Waals surface area contributed by atoms with Crippen LogP contribution in [0.2, 0.25) is 0 Å². The number of rotatable bonds is 2. The smallest absolute Gasteiger partial charge is 0.244 e. The zero-order valence-electron chi connectivity index (χ0n) is 17.6. The Labute approximate surface area is 178 Å². The predicted molar refractivity (Wildman–Crippen MR) is 113 cm³/mol. The van der Waals surface area contributed by atoms with E-state index in [1.807, 2.05) is 4.90 Å². The number of carbonyl (C=O) groups is 2. The van der Waals surface area contributed by atoms with Crippen molar-refractivity contribution in [2.75, 3.05) is 31.5 Å². The van der Waals surface area contributed by atoms with E-state index in [4.69, 9.17) is 0 Å². The maximum atomic E-state index is 12.9. The summed E-state index contributed by atoms with van der Waals surface area (Å²) < 4.78 is 28.3. The van der Waals surface area contributed by atoms with E-state index < -0.39 is 15.7 Å². The molecule has 0 aromatic heterocycles. The lowest BCUT2D eigenvalue weighted by atomic mass is 9.92. The van der Waals surface area contributed by atoms with E-state index in [1.165, 1.54) is 0 Å². The first-order chi connectivity index (χ1) is 14.2. The first kappa shape index (κ1) is 21.1. The second-order valence-electron chi connectivity index (χ2n) is 9.12. The highest BCUT2D eigenvalue weighted by Crippen LogP contribution is 2.35. The monoisotopic (exact) mass is 434 g/mol. The van der Waals surface area contributed by atoms with Crippen molar-refractivity contribution in [3.05, 3.63) is 24.3 Å². The fourth-order valence-electron chi connectivity index (χ4n) is 4.98. The summed E-state index contributed by atoms with van der Waals surface area (Å²) in [6.45, 7) is 6.13. The number of hydrogen-bond donors (Lipinski definition) is 2. The fraction of sp³-hybridized carbons (Fsp3) is 0.619. The molecular weight excluding hydrogens is 404 g/mol. The summed E-state index contributed by atoms with van der Waals surface area (Å²) in [6.07, 6.45) is 2.02. The van der Waals surface area contributed by atoms with Gasteiger partial charge in [0.05, 0.1) is 12.2 Å². The highest BCUT2D eigenvalue weighted by atomic mass is 32.2. The van der Waals surface area contributed by atoms with Crippen molar-refractivity contribution in [2.24, 2.45) is 11.8 Å². The highest BCUT2D eigenvalue weighted by Gasteiger charge is 2.43. The molecule has 2 saturated heterocycles. The molecule has 2 N–H and O–H groups in total. The molecular formula is C21H30N4O4S. The topological polar surface area (TPSA) is 98.8 Å². The standard InChI is InChI=1S/C21H30N4O4S/c1-15-11-16(2)13-25(12-15)20(27)14-24-10-9-21(8-7-19(24)26)22-17-5-3-4-6-18(17)30(28,29)23-21/h3-6,15-16,22-23H,7-14H2,1-2H3/t15-,16-,21+/m1/s1. The number of amides is 2. The van der Waals surface area contributed by atoms with Crippen molar-refractivity contribution in [1.29, 1.82) is 0 Å². The third-order valence-corrected chi connectivity index (χ3v) is 7.95. The predicted octanol–water partition coefficient (Wildman–Crippen LogP) is 1.60. The molecule has 0 radical (unpaired) electrons. The molecule has 1 spiro atoms. The van der Waals surface area contributed by atoms with Gasteiger partial charge in [-0.25, -0.2) is 8.42 Å². The quantitative estimate of drug-likeness (QED) is 0.737. The number of fused-ring (bicyclic) bond motifs is 1. The van der Waals surface area contributed by atoms with E-state index in [0.717, 1.165) is 19.5 Å². The van der Waals surface area contributed by atoms with Crippen LogP contribution in [0, 0.1) is 11.8 Å². The van der Waals surface area contributed by atoms with Crippen LogP contribution < -0.4 is 10.0 Å². The summed E-state index contributed by atoms with van der Waals surface area (Å²) in [5.41, 5.74) is -0.376. The minimum absolute atomic E-state index is 0.0276. The van der Waals surface area contributed by atoms with Gasteiger partial charge in [0.25, 0.3) is 0 Å². The minimum atomic E-state index is -3.67. The van der Waals surface area contributed by atoms with Crippen molar-refractivity contribution in [1.82, 2.24) is 14.5 Å². The molecule has 3 atom stereocenters. The third kappa shape index (κ3) is 4.18. The van der Waals surface area contributed by atoms with E-state index >= 15 is 0 Å². The van der Waals surface area contributed by atoms with Gasteiger partial charge in [-0.2, -0.15) is 4.72 Å². The van der Waals surface area contributed by atoms with Crippen LogP contribution in [0.4, 0.5) is 5.69 Å². The van der Waals surface area contributed by atoms with Crippen LogP contribution in [0.15, 0.2) is 29.2 Å². The molecule has 0 aliphatic carbocycles. The summed E-state index contributed by atoms with van der Waals surface area (Å²) in [4.78, 5) is 29.3. The molecule has 3 heterocycles. The van der Waals surface area contributed by atoms with E-state index in [9.17, 15) is 18.0 Å². The van der Waals surface area contributed by atoms with E-state index in [0.29, 0.717) is 36.9 Å². The number of nitrogens with zero attached hydrogens (tertiary/aromatic N) is 2. The normalized spacial score (nSPS) is 31.1. The van der Waals surface area contributed by atoms with Gasteiger partial charge < -0.3 is 15.1 Å². The van der Waals surface area contributed by atoms with Gasteiger partial charge in [-0.1, -0.05) is 26.0 Å². The Hall–Kier alpha value is -2.13. The largest absolute Gasteiger partial charge is 0.365 e. The molecule has 8 nitrogen and oxygen atoms in total. The van der Waals surface area contributed by atoms with Gasteiger partial charge in [-0.15, -0.1) is 0 Å². The summed E-state index contributed by atoms with van der Waals surface area (Å²) in [6, 6.07) is 6.77. The molecule has 2 amide bonds. The molecule has 3 aliphatic heterocycles. The van der Waals surface area contributed by atoms with Gasteiger partial charge in [0, 0.05) is 32.5 Å². The number of hydrogen-bond acceptors (Lipinski definition) is 5. The Kier molecular flexibility index (Phi) is 5.52. The Morgan fingerprint density at radius 2 is 1.87 bits per heavy atom. The van der Waals surface area contributed by atoms with Crippen molar-refractivity contribution < 1.29 is 18.0 Å². The Bertz CT molecular complexity index is 940. The Morgan fingerprint density at radius 1 is 1.17 bits per heavy atom. The minimum Gasteiger partial charge on any atom is -0.365 e. The number of piperidine rings is 1. The summed E-state index contributed by atoms with van der Waals surface area (Å²) in [5.74, 6) is 0.779. The fourth-order valence-corrected chi connectivity index (χ4v) is 6.52. The van der Waals surface area contributed by atoms with Crippen LogP contribution >= 0.6 is 0 Å². The lowest BCUT2D eigenvalue weighted by molar-refractivity contribution is -0.141. The summed E-state index contributed by atoms with van der Waals surface area (Å²) in [5, 5.41) is 3.31. The lowest BCUT2D eigenvalue weighted by Crippen LogP contribution is -2.57. The van der Waals surface area contributed by atoms with Crippen molar-refractivity contribution in [3.63, 3.8) is 0 Å². The Morgan fingerprint density at radius 3 is 2.60 bits per heavy atom. The van der Waals surface area contributed by atoms with Crippen LogP contribution in [0.25, 0.3) is 0 Å². The number of carbonyl (C=O) groups excluding carboxylic acids is 2. The van der Waals surface area contributed by atoms with Gasteiger partial charge >= 0.3 is 0 Å². The number of likely N-dealkylation sites (tertiary alicyclic amines) is 2. The molecule has 0 unspecified atom stereocenters. The van der Waals surface area contributed by atoms with Crippen LogP contribution in [-0.2, 0) is 19.6 Å². The van der Waals surface area contributed by atoms with Gasteiger partial charge in [0.1, 0.15) is 10.6 Å². The SMILES string of the molecule is C[C@@H]1C[C@@H](C)CN(C(=O)CN2CC[C@@]3(CCC2=O)Nc2ccccc2S(=O)(=O)N3)C1. The van der Waals surface area contributed by atoms with Gasteiger partial charge in [0.15, 0.2) is 0 Å². The lowest BCUT2D eigenvalue weighted by Gasteiger charge is -2.39. The van der Waals surface area contributed by atoms with E-state index in [1.54, 1.807) is 29.2 Å². The van der Waals surface area contributed by atoms with Crippen molar-refractivity contribution >= 4 is 27.5 Å². The number of nitrogens with one attached hydrogen (secondary N) is 2. The second-order valence-corrected chi connectivity index (χ2v) is 10.8. The average Bonchev–Trinajstić information content (AvgIpc) is 2.81.